The summed E-state index contributed by atoms with van der Waals surface area (Å²) in [6, 6.07) is 4.28. The fourth-order valence-electron chi connectivity index (χ4n) is 2.02. The van der Waals surface area contributed by atoms with Gasteiger partial charge in [-0.3, -0.25) is 0 Å². The van der Waals surface area contributed by atoms with Crippen molar-refractivity contribution >= 4 is 27.3 Å². The van der Waals surface area contributed by atoms with Crippen LogP contribution in [0.3, 0.4) is 0 Å². The van der Waals surface area contributed by atoms with E-state index in [-0.39, 0.29) is 21.9 Å². The zero-order valence-electron chi connectivity index (χ0n) is 10.6. The molecular formula is C12H17ClN2O3S. The third-order valence-electron chi connectivity index (χ3n) is 3.35. The molecule has 3 N–H and O–H groups in total. The molecule has 0 amide bonds. The monoisotopic (exact) mass is 304 g/mol. The molecule has 2 atom stereocenters. The summed E-state index contributed by atoms with van der Waals surface area (Å²) in [7, 11) is -3.56. The van der Waals surface area contributed by atoms with Crippen LogP contribution in [0.2, 0.25) is 5.02 Å². The molecule has 0 radical (unpaired) electrons. The molecule has 106 valence electrons. The summed E-state index contributed by atoms with van der Waals surface area (Å²) >= 11 is 5.83. The molecule has 1 fully saturated rings. The number of nitrogen functional groups attached to an aromatic ring is 1. The van der Waals surface area contributed by atoms with Crippen LogP contribution in [0.5, 0.6) is 0 Å². The van der Waals surface area contributed by atoms with Crippen molar-refractivity contribution in [1.82, 2.24) is 4.72 Å². The predicted octanol–water partition coefficient (Wildman–Crippen LogP) is 1.63. The average molecular weight is 305 g/mol. The summed E-state index contributed by atoms with van der Waals surface area (Å²) in [4.78, 5) is 0.123. The van der Waals surface area contributed by atoms with Crippen molar-refractivity contribution in [1.29, 1.82) is 0 Å². The van der Waals surface area contributed by atoms with Gasteiger partial charge in [-0.05, 0) is 31.5 Å². The van der Waals surface area contributed by atoms with E-state index < -0.39 is 10.0 Å². The van der Waals surface area contributed by atoms with Gasteiger partial charge in [0.05, 0.1) is 21.7 Å². The van der Waals surface area contributed by atoms with Crippen molar-refractivity contribution in [2.24, 2.45) is 5.92 Å². The molecule has 1 aromatic carbocycles. The number of rotatable bonds is 4. The normalized spacial score (nSPS) is 23.7. The smallest absolute Gasteiger partial charge is 0.240 e. The van der Waals surface area contributed by atoms with Crippen LogP contribution in [0.25, 0.3) is 0 Å². The van der Waals surface area contributed by atoms with Crippen molar-refractivity contribution in [2.45, 2.75) is 24.3 Å². The standard InChI is InChI=1S/C12H17ClN2O3S/c1-8-9(4-5-18-8)7-15-19(16,17)10-2-3-12(14)11(13)6-10/h2-3,6,8-9,15H,4-5,7,14H2,1H3. The largest absolute Gasteiger partial charge is 0.398 e. The molecule has 2 unspecified atom stereocenters. The van der Waals surface area contributed by atoms with Crippen molar-refractivity contribution in [3.05, 3.63) is 23.2 Å². The molecule has 1 aliphatic rings. The number of nitrogens with two attached hydrogens (primary N) is 1. The van der Waals surface area contributed by atoms with Crippen LogP contribution in [-0.4, -0.2) is 27.7 Å². The lowest BCUT2D eigenvalue weighted by Gasteiger charge is -2.15. The Labute approximate surface area is 118 Å². The lowest BCUT2D eigenvalue weighted by Crippen LogP contribution is -2.32. The zero-order chi connectivity index (χ0) is 14.0. The Morgan fingerprint density at radius 3 is 2.84 bits per heavy atom. The maximum absolute atomic E-state index is 12.1. The summed E-state index contributed by atoms with van der Waals surface area (Å²) in [6.07, 6.45) is 0.948. The van der Waals surface area contributed by atoms with E-state index in [1.807, 2.05) is 6.92 Å². The van der Waals surface area contributed by atoms with Gasteiger partial charge in [-0.15, -0.1) is 0 Å². The number of benzene rings is 1. The Morgan fingerprint density at radius 1 is 1.53 bits per heavy atom. The first-order valence-electron chi connectivity index (χ1n) is 6.06. The van der Waals surface area contributed by atoms with E-state index in [1.54, 1.807) is 0 Å². The Morgan fingerprint density at radius 2 is 2.26 bits per heavy atom. The van der Waals surface area contributed by atoms with Crippen LogP contribution in [0.1, 0.15) is 13.3 Å². The van der Waals surface area contributed by atoms with Gasteiger partial charge in [0.1, 0.15) is 0 Å². The maximum Gasteiger partial charge on any atom is 0.240 e. The number of halogens is 1. The maximum atomic E-state index is 12.1. The van der Waals surface area contributed by atoms with Crippen molar-refractivity contribution in [3.63, 3.8) is 0 Å². The molecule has 7 heteroatoms. The number of sulfonamides is 1. The molecule has 1 heterocycles. The third-order valence-corrected chi connectivity index (χ3v) is 5.10. The first-order chi connectivity index (χ1) is 8.90. The molecule has 2 rings (SSSR count). The fraction of sp³-hybridized carbons (Fsp3) is 0.500. The van der Waals surface area contributed by atoms with Crippen LogP contribution in [0, 0.1) is 5.92 Å². The summed E-state index contributed by atoms with van der Waals surface area (Å²) in [5.41, 5.74) is 5.92. The summed E-state index contributed by atoms with van der Waals surface area (Å²) in [5.74, 6) is 0.207. The van der Waals surface area contributed by atoms with Crippen LogP contribution in [0.4, 0.5) is 5.69 Å². The topological polar surface area (TPSA) is 81.4 Å². The Balaban J connectivity index is 2.07. The third kappa shape index (κ3) is 3.39. The van der Waals surface area contributed by atoms with Gasteiger partial charge in [0.2, 0.25) is 10.0 Å². The van der Waals surface area contributed by atoms with E-state index >= 15 is 0 Å². The summed E-state index contributed by atoms with van der Waals surface area (Å²) in [6.45, 7) is 3.00. The zero-order valence-corrected chi connectivity index (χ0v) is 12.2. The Hall–Kier alpha value is -0.820. The van der Waals surface area contributed by atoms with Crippen LogP contribution in [0.15, 0.2) is 23.1 Å². The number of ether oxygens (including phenoxy) is 1. The van der Waals surface area contributed by atoms with Gasteiger partial charge in [-0.25, -0.2) is 13.1 Å². The Kier molecular flexibility index (Phi) is 4.35. The second-order valence-corrected chi connectivity index (χ2v) is 6.83. The average Bonchev–Trinajstić information content (AvgIpc) is 2.76. The molecule has 1 aromatic rings. The van der Waals surface area contributed by atoms with Gasteiger partial charge in [-0.2, -0.15) is 0 Å². The molecule has 1 aliphatic heterocycles. The number of hydrogen-bond donors (Lipinski definition) is 2. The van der Waals surface area contributed by atoms with Crippen molar-refractivity contribution in [2.75, 3.05) is 18.9 Å². The van der Waals surface area contributed by atoms with E-state index in [2.05, 4.69) is 4.72 Å². The van der Waals surface area contributed by atoms with Gasteiger partial charge >= 0.3 is 0 Å². The SMILES string of the molecule is CC1OCCC1CNS(=O)(=O)c1ccc(N)c(Cl)c1. The second kappa shape index (κ2) is 5.66. The molecule has 1 saturated heterocycles. The van der Waals surface area contributed by atoms with Crippen LogP contribution < -0.4 is 10.5 Å². The van der Waals surface area contributed by atoms with E-state index in [0.717, 1.165) is 6.42 Å². The highest BCUT2D eigenvalue weighted by Crippen LogP contribution is 2.23. The predicted molar refractivity (Wildman–Crippen MR) is 74.6 cm³/mol. The minimum atomic E-state index is -3.56. The van der Waals surface area contributed by atoms with Crippen molar-refractivity contribution in [3.8, 4) is 0 Å². The molecule has 0 aliphatic carbocycles. The highest BCUT2D eigenvalue weighted by Gasteiger charge is 2.26. The van der Waals surface area contributed by atoms with E-state index in [9.17, 15) is 8.42 Å². The van der Waals surface area contributed by atoms with Gasteiger partial charge < -0.3 is 10.5 Å². The molecule has 5 nitrogen and oxygen atoms in total. The van der Waals surface area contributed by atoms with E-state index in [0.29, 0.717) is 18.8 Å². The lowest BCUT2D eigenvalue weighted by molar-refractivity contribution is 0.107. The number of anilines is 1. The van der Waals surface area contributed by atoms with E-state index in [4.69, 9.17) is 22.1 Å². The Bertz CT molecular complexity index is 562. The van der Waals surface area contributed by atoms with E-state index in [1.165, 1.54) is 18.2 Å². The molecule has 0 spiro atoms. The molecular weight excluding hydrogens is 288 g/mol. The molecule has 0 aromatic heterocycles. The van der Waals surface area contributed by atoms with Crippen LogP contribution >= 0.6 is 11.6 Å². The molecule has 0 saturated carbocycles. The second-order valence-electron chi connectivity index (χ2n) is 4.66. The fourth-order valence-corrected chi connectivity index (χ4v) is 3.38. The van der Waals surface area contributed by atoms with Crippen molar-refractivity contribution < 1.29 is 13.2 Å². The van der Waals surface area contributed by atoms with Gasteiger partial charge in [0.25, 0.3) is 0 Å². The van der Waals surface area contributed by atoms with Gasteiger partial charge in [0.15, 0.2) is 0 Å². The minimum absolute atomic E-state index is 0.0812. The molecule has 0 bridgehead atoms. The summed E-state index contributed by atoms with van der Waals surface area (Å²) < 4.78 is 32.2. The lowest BCUT2D eigenvalue weighted by atomic mass is 10.0. The quantitative estimate of drug-likeness (QED) is 0.828. The first kappa shape index (κ1) is 14.6. The highest BCUT2D eigenvalue weighted by atomic mass is 35.5. The van der Waals surface area contributed by atoms with Gasteiger partial charge in [-0.1, -0.05) is 11.6 Å². The minimum Gasteiger partial charge on any atom is -0.398 e. The van der Waals surface area contributed by atoms with Gasteiger partial charge in [0, 0.05) is 19.1 Å². The molecule has 19 heavy (non-hydrogen) atoms. The highest BCUT2D eigenvalue weighted by molar-refractivity contribution is 7.89. The number of hydrogen-bond acceptors (Lipinski definition) is 4. The first-order valence-corrected chi connectivity index (χ1v) is 7.92. The van der Waals surface area contributed by atoms with Crippen LogP contribution in [-0.2, 0) is 14.8 Å². The number of nitrogens with one attached hydrogen (secondary N) is 1. The summed E-state index contributed by atoms with van der Waals surface area (Å²) in [5, 5.41) is 0.237.